The van der Waals surface area contributed by atoms with E-state index in [2.05, 4.69) is 4.98 Å². The van der Waals surface area contributed by atoms with Crippen molar-refractivity contribution < 1.29 is 14.5 Å². The summed E-state index contributed by atoms with van der Waals surface area (Å²) in [6.07, 6.45) is 1.70. The summed E-state index contributed by atoms with van der Waals surface area (Å²) in [5, 5.41) is 13.8. The van der Waals surface area contributed by atoms with Crippen LogP contribution in [0.1, 0.15) is 18.9 Å². The normalized spacial score (nSPS) is 15.0. The average Bonchev–Trinajstić information content (AvgIpc) is 3.36. The maximum absolute atomic E-state index is 13.2. The molecule has 8 nitrogen and oxygen atoms in total. The van der Waals surface area contributed by atoms with Crippen LogP contribution >= 0.6 is 11.3 Å². The van der Waals surface area contributed by atoms with E-state index in [0.29, 0.717) is 17.9 Å². The number of carbonyl (C=O) groups is 1. The van der Waals surface area contributed by atoms with Gasteiger partial charge < -0.3 is 9.64 Å². The van der Waals surface area contributed by atoms with Crippen molar-refractivity contribution in [2.24, 2.45) is 0 Å². The van der Waals surface area contributed by atoms with E-state index in [9.17, 15) is 14.9 Å². The average molecular weight is 473 g/mol. The Balaban J connectivity index is 1.49. The molecule has 0 bridgehead atoms. The van der Waals surface area contributed by atoms with Gasteiger partial charge in [-0.2, -0.15) is 0 Å². The van der Waals surface area contributed by atoms with Crippen molar-refractivity contribution in [1.82, 2.24) is 9.97 Å². The van der Waals surface area contributed by atoms with Crippen molar-refractivity contribution in [1.29, 1.82) is 0 Å². The Morgan fingerprint density at radius 1 is 1.12 bits per heavy atom. The molecule has 0 saturated heterocycles. The summed E-state index contributed by atoms with van der Waals surface area (Å²) in [6.45, 7) is 2.18. The molecule has 34 heavy (non-hydrogen) atoms. The minimum atomic E-state index is -0.577. The van der Waals surface area contributed by atoms with Gasteiger partial charge in [0.25, 0.3) is 11.6 Å². The summed E-state index contributed by atoms with van der Waals surface area (Å²) in [6, 6.07) is 17.6. The number of fused-ring (bicyclic) bond motifs is 1. The zero-order chi connectivity index (χ0) is 23.7. The fourth-order valence-corrected chi connectivity index (χ4v) is 4.63. The van der Waals surface area contributed by atoms with Crippen LogP contribution in [-0.2, 0) is 11.3 Å². The number of pyridine rings is 1. The first-order valence-corrected chi connectivity index (χ1v) is 11.6. The van der Waals surface area contributed by atoms with E-state index in [1.165, 1.54) is 23.5 Å². The summed E-state index contributed by atoms with van der Waals surface area (Å²) >= 11 is 1.51. The van der Waals surface area contributed by atoms with Crippen LogP contribution in [-0.4, -0.2) is 26.9 Å². The van der Waals surface area contributed by atoms with Gasteiger partial charge in [-0.05, 0) is 42.3 Å². The third-order valence-electron chi connectivity index (χ3n) is 5.60. The van der Waals surface area contributed by atoms with Crippen molar-refractivity contribution in [3.63, 3.8) is 0 Å². The Labute approximate surface area is 199 Å². The quantitative estimate of drug-likeness (QED) is 0.272. The summed E-state index contributed by atoms with van der Waals surface area (Å²) in [7, 11) is 0. The Morgan fingerprint density at radius 2 is 1.94 bits per heavy atom. The third kappa shape index (κ3) is 4.13. The Morgan fingerprint density at radius 3 is 2.65 bits per heavy atom. The molecular formula is C25H20N4O4S. The van der Waals surface area contributed by atoms with Crippen LogP contribution in [0.2, 0.25) is 0 Å². The lowest BCUT2D eigenvalue weighted by atomic mass is 10.1. The van der Waals surface area contributed by atoms with E-state index in [-0.39, 0.29) is 18.1 Å². The summed E-state index contributed by atoms with van der Waals surface area (Å²) in [4.78, 5) is 34.5. The predicted octanol–water partition coefficient (Wildman–Crippen LogP) is 5.48. The number of carbonyl (C=O) groups excluding carboxylic acids is 1. The fraction of sp³-hybridized carbons (Fsp3) is 0.160. The molecule has 5 rings (SSSR count). The number of thiazole rings is 1. The number of rotatable bonds is 6. The number of hydrogen-bond donors (Lipinski definition) is 0. The number of hydrogen-bond acceptors (Lipinski definition) is 7. The first-order valence-electron chi connectivity index (χ1n) is 10.8. The number of non-ortho nitro benzene ring substituents is 1. The maximum atomic E-state index is 13.2. The second-order valence-corrected chi connectivity index (χ2v) is 8.66. The highest BCUT2D eigenvalue weighted by Gasteiger charge is 2.33. The summed E-state index contributed by atoms with van der Waals surface area (Å²) in [5.41, 5.74) is 3.90. The number of nitrogens with zero attached hydrogens (tertiary/aromatic N) is 4. The smallest absolute Gasteiger partial charge is 0.269 e. The second-order valence-electron chi connectivity index (χ2n) is 7.80. The molecule has 2 aromatic heterocycles. The molecule has 1 atom stereocenters. The molecule has 1 aliphatic rings. The molecule has 4 aromatic rings. The van der Waals surface area contributed by atoms with E-state index >= 15 is 0 Å². The van der Waals surface area contributed by atoms with Gasteiger partial charge in [0.05, 0.1) is 28.5 Å². The molecule has 170 valence electrons. The molecule has 2 aromatic carbocycles. The second kappa shape index (κ2) is 9.03. The maximum Gasteiger partial charge on any atom is 0.269 e. The standard InChI is InChI=1S/C25H20N4O4S/c1-2-22-25(30)28(14-16-6-9-18(10-7-16)29(31)32)21-13-17(8-11-23(21)33-22)20-15-34-24(27-20)19-5-3-4-12-26-19/h3-13,15,22H,2,14H2,1H3. The van der Waals surface area contributed by atoms with Crippen molar-refractivity contribution in [3.05, 3.63) is 87.9 Å². The van der Waals surface area contributed by atoms with E-state index in [4.69, 9.17) is 9.72 Å². The lowest BCUT2D eigenvalue weighted by Gasteiger charge is -2.34. The van der Waals surface area contributed by atoms with Crippen molar-refractivity contribution in [2.75, 3.05) is 4.90 Å². The van der Waals surface area contributed by atoms with E-state index < -0.39 is 11.0 Å². The fourth-order valence-electron chi connectivity index (χ4n) is 3.82. The van der Waals surface area contributed by atoms with Gasteiger partial charge in [0, 0.05) is 29.3 Å². The number of nitro groups is 1. The van der Waals surface area contributed by atoms with E-state index in [0.717, 1.165) is 27.5 Å². The SMILES string of the molecule is CCC1Oc2ccc(-c3csc(-c4ccccn4)n3)cc2N(Cc2ccc([N+](=O)[O-])cc2)C1=O. The lowest BCUT2D eigenvalue weighted by molar-refractivity contribution is -0.384. The molecule has 1 amide bonds. The van der Waals surface area contributed by atoms with Crippen molar-refractivity contribution in [2.45, 2.75) is 26.0 Å². The van der Waals surface area contributed by atoms with Gasteiger partial charge in [-0.1, -0.05) is 25.1 Å². The van der Waals surface area contributed by atoms with Gasteiger partial charge in [-0.3, -0.25) is 19.9 Å². The highest BCUT2D eigenvalue weighted by atomic mass is 32.1. The highest BCUT2D eigenvalue weighted by molar-refractivity contribution is 7.13. The molecule has 0 fully saturated rings. The summed E-state index contributed by atoms with van der Waals surface area (Å²) < 4.78 is 5.97. The van der Waals surface area contributed by atoms with Gasteiger partial charge in [0.2, 0.25) is 0 Å². The molecule has 1 unspecified atom stereocenters. The number of amides is 1. The number of aromatic nitrogens is 2. The zero-order valence-electron chi connectivity index (χ0n) is 18.2. The predicted molar refractivity (Wildman–Crippen MR) is 130 cm³/mol. The van der Waals surface area contributed by atoms with Crippen LogP contribution in [0.5, 0.6) is 5.75 Å². The zero-order valence-corrected chi connectivity index (χ0v) is 19.1. The van der Waals surface area contributed by atoms with Gasteiger partial charge in [-0.15, -0.1) is 11.3 Å². The van der Waals surface area contributed by atoms with E-state index in [1.54, 1.807) is 23.2 Å². The largest absolute Gasteiger partial charge is 0.478 e. The third-order valence-corrected chi connectivity index (χ3v) is 6.47. The molecule has 9 heteroatoms. The minimum absolute atomic E-state index is 0.0124. The molecule has 0 saturated carbocycles. The number of ether oxygens (including phenoxy) is 1. The van der Waals surface area contributed by atoms with Gasteiger partial charge in [-0.25, -0.2) is 4.98 Å². The van der Waals surface area contributed by atoms with Crippen LogP contribution in [0.4, 0.5) is 11.4 Å². The van der Waals surface area contributed by atoms with Gasteiger partial charge in [0.1, 0.15) is 10.8 Å². The number of benzene rings is 2. The lowest BCUT2D eigenvalue weighted by Crippen LogP contribution is -2.45. The van der Waals surface area contributed by atoms with Crippen LogP contribution in [0.15, 0.2) is 72.2 Å². The topological polar surface area (TPSA) is 98.5 Å². The molecule has 0 N–H and O–H groups in total. The number of anilines is 1. The number of nitro benzene ring substituents is 1. The van der Waals surface area contributed by atoms with Crippen LogP contribution in [0, 0.1) is 10.1 Å². The Hall–Kier alpha value is -4.11. The van der Waals surface area contributed by atoms with E-state index in [1.807, 2.05) is 48.7 Å². The highest BCUT2D eigenvalue weighted by Crippen LogP contribution is 2.39. The Bertz CT molecular complexity index is 1360. The molecule has 1 aliphatic heterocycles. The van der Waals surface area contributed by atoms with Crippen molar-refractivity contribution in [3.8, 4) is 27.7 Å². The van der Waals surface area contributed by atoms with Crippen molar-refractivity contribution >= 4 is 28.6 Å². The monoisotopic (exact) mass is 472 g/mol. The minimum Gasteiger partial charge on any atom is -0.478 e. The van der Waals surface area contributed by atoms with Gasteiger partial charge >= 0.3 is 0 Å². The first kappa shape index (κ1) is 21.7. The van der Waals surface area contributed by atoms with Crippen LogP contribution < -0.4 is 9.64 Å². The molecular weight excluding hydrogens is 452 g/mol. The molecule has 0 spiro atoms. The molecule has 0 aliphatic carbocycles. The van der Waals surface area contributed by atoms with Crippen LogP contribution in [0.25, 0.3) is 22.0 Å². The molecule has 3 heterocycles. The van der Waals surface area contributed by atoms with Gasteiger partial charge in [0.15, 0.2) is 6.10 Å². The first-order chi connectivity index (χ1) is 16.5. The summed E-state index contributed by atoms with van der Waals surface area (Å²) in [5.74, 6) is 0.482. The Kier molecular flexibility index (Phi) is 5.77. The van der Waals surface area contributed by atoms with Crippen LogP contribution in [0.3, 0.4) is 0 Å². The molecule has 0 radical (unpaired) electrons.